The van der Waals surface area contributed by atoms with Gasteiger partial charge in [0, 0.05) is 22.8 Å². The summed E-state index contributed by atoms with van der Waals surface area (Å²) in [5, 5.41) is 10.7. The number of hydrogen-bond donors (Lipinski definition) is 1. The zero-order valence-corrected chi connectivity index (χ0v) is 13.7. The summed E-state index contributed by atoms with van der Waals surface area (Å²) in [6, 6.07) is 11.2. The minimum Gasteiger partial charge on any atom is -0.487 e. The van der Waals surface area contributed by atoms with Gasteiger partial charge in [0.05, 0.1) is 22.8 Å². The SMILES string of the molecule is CC(C)(O)c1cnc2cc(OCc3cccc(Cl)c3)cnc2c1. The fraction of sp³-hybridized carbons (Fsp3) is 0.222. The van der Waals surface area contributed by atoms with Crippen molar-refractivity contribution in [1.82, 2.24) is 9.97 Å². The van der Waals surface area contributed by atoms with E-state index < -0.39 is 5.60 Å². The Morgan fingerprint density at radius 3 is 2.57 bits per heavy atom. The Labute approximate surface area is 139 Å². The van der Waals surface area contributed by atoms with Crippen LogP contribution < -0.4 is 4.74 Å². The molecule has 4 nitrogen and oxygen atoms in total. The van der Waals surface area contributed by atoms with E-state index in [-0.39, 0.29) is 0 Å². The number of hydrogen-bond acceptors (Lipinski definition) is 4. The third-order valence-corrected chi connectivity index (χ3v) is 3.74. The molecule has 3 rings (SSSR count). The van der Waals surface area contributed by atoms with Crippen LogP contribution in [0.1, 0.15) is 25.0 Å². The standard InChI is InChI=1S/C18H17ClN2O2/c1-18(2,22)13-7-16-17(20-9-13)8-15(10-21-16)23-11-12-4-3-5-14(19)6-12/h3-10,22H,11H2,1-2H3. The molecule has 0 atom stereocenters. The number of fused-ring (bicyclic) bond motifs is 1. The van der Waals surface area contributed by atoms with Crippen LogP contribution in [-0.4, -0.2) is 15.1 Å². The summed E-state index contributed by atoms with van der Waals surface area (Å²) in [7, 11) is 0. The van der Waals surface area contributed by atoms with Crippen molar-refractivity contribution in [3.63, 3.8) is 0 Å². The average Bonchev–Trinajstić information content (AvgIpc) is 2.51. The Balaban J connectivity index is 1.80. The number of rotatable bonds is 4. The highest BCUT2D eigenvalue weighted by atomic mass is 35.5. The molecule has 118 valence electrons. The molecule has 3 aromatic rings. The predicted octanol–water partition coefficient (Wildman–Crippen LogP) is 4.09. The van der Waals surface area contributed by atoms with Crippen LogP contribution >= 0.6 is 11.6 Å². The van der Waals surface area contributed by atoms with Crippen molar-refractivity contribution in [1.29, 1.82) is 0 Å². The molecular weight excluding hydrogens is 312 g/mol. The van der Waals surface area contributed by atoms with Gasteiger partial charge in [-0.2, -0.15) is 0 Å². The molecule has 0 unspecified atom stereocenters. The molecule has 1 N–H and O–H groups in total. The fourth-order valence-electron chi connectivity index (χ4n) is 2.19. The van der Waals surface area contributed by atoms with Crippen molar-refractivity contribution in [2.24, 2.45) is 0 Å². The molecule has 0 saturated heterocycles. The first-order valence-corrected chi connectivity index (χ1v) is 7.65. The molecule has 0 bridgehead atoms. The quantitative estimate of drug-likeness (QED) is 0.783. The van der Waals surface area contributed by atoms with Crippen molar-refractivity contribution in [2.45, 2.75) is 26.1 Å². The summed E-state index contributed by atoms with van der Waals surface area (Å²) in [5.74, 6) is 0.640. The lowest BCUT2D eigenvalue weighted by Gasteiger charge is -2.17. The van der Waals surface area contributed by atoms with E-state index in [0.717, 1.165) is 22.2 Å². The number of pyridine rings is 2. The fourth-order valence-corrected chi connectivity index (χ4v) is 2.40. The Kier molecular flexibility index (Phi) is 4.20. The van der Waals surface area contributed by atoms with E-state index in [1.807, 2.05) is 36.4 Å². The van der Waals surface area contributed by atoms with Gasteiger partial charge in [-0.1, -0.05) is 23.7 Å². The lowest BCUT2D eigenvalue weighted by Crippen LogP contribution is -2.15. The number of nitrogens with zero attached hydrogens (tertiary/aromatic N) is 2. The van der Waals surface area contributed by atoms with Gasteiger partial charge in [0.1, 0.15) is 12.4 Å². The molecule has 0 saturated carbocycles. The van der Waals surface area contributed by atoms with Crippen LogP contribution in [0.5, 0.6) is 5.75 Å². The maximum atomic E-state index is 10.0. The summed E-state index contributed by atoms with van der Waals surface area (Å²) < 4.78 is 5.74. The summed E-state index contributed by atoms with van der Waals surface area (Å²) in [4.78, 5) is 8.71. The van der Waals surface area contributed by atoms with E-state index in [9.17, 15) is 5.11 Å². The van der Waals surface area contributed by atoms with Gasteiger partial charge in [-0.25, -0.2) is 0 Å². The van der Waals surface area contributed by atoms with Crippen LogP contribution in [0, 0.1) is 0 Å². The lowest BCUT2D eigenvalue weighted by molar-refractivity contribution is 0.0784. The normalized spacial score (nSPS) is 11.7. The summed E-state index contributed by atoms with van der Waals surface area (Å²) in [6.07, 6.45) is 3.31. The van der Waals surface area contributed by atoms with E-state index >= 15 is 0 Å². The average molecular weight is 329 g/mol. The van der Waals surface area contributed by atoms with E-state index in [2.05, 4.69) is 9.97 Å². The molecule has 0 aliphatic heterocycles. The molecular formula is C18H17ClN2O2. The van der Waals surface area contributed by atoms with Crippen LogP contribution in [0.2, 0.25) is 5.02 Å². The largest absolute Gasteiger partial charge is 0.487 e. The van der Waals surface area contributed by atoms with Gasteiger partial charge in [0.2, 0.25) is 0 Å². The van der Waals surface area contributed by atoms with E-state index in [1.54, 1.807) is 26.2 Å². The topological polar surface area (TPSA) is 55.2 Å². The second-order valence-corrected chi connectivity index (χ2v) is 6.35. The Morgan fingerprint density at radius 1 is 1.09 bits per heavy atom. The van der Waals surface area contributed by atoms with Crippen LogP contribution in [-0.2, 0) is 12.2 Å². The zero-order valence-electron chi connectivity index (χ0n) is 13.0. The monoisotopic (exact) mass is 328 g/mol. The minimum atomic E-state index is -0.940. The molecule has 0 aliphatic rings. The number of ether oxygens (including phenoxy) is 1. The molecule has 0 radical (unpaired) electrons. The molecule has 2 heterocycles. The second kappa shape index (κ2) is 6.14. The van der Waals surface area contributed by atoms with E-state index in [1.165, 1.54) is 0 Å². The number of aromatic nitrogens is 2. The van der Waals surface area contributed by atoms with Crippen LogP contribution in [0.15, 0.2) is 48.8 Å². The Hall–Kier alpha value is -2.17. The van der Waals surface area contributed by atoms with Crippen LogP contribution in [0.25, 0.3) is 11.0 Å². The minimum absolute atomic E-state index is 0.412. The van der Waals surface area contributed by atoms with E-state index in [0.29, 0.717) is 17.4 Å². The molecule has 0 spiro atoms. The summed E-state index contributed by atoms with van der Waals surface area (Å²) >= 11 is 5.96. The molecule has 23 heavy (non-hydrogen) atoms. The van der Waals surface area contributed by atoms with Crippen LogP contribution in [0.4, 0.5) is 0 Å². The zero-order chi connectivity index (χ0) is 16.4. The second-order valence-electron chi connectivity index (χ2n) is 5.91. The molecule has 1 aromatic carbocycles. The predicted molar refractivity (Wildman–Crippen MR) is 90.6 cm³/mol. The first kappa shape index (κ1) is 15.7. The van der Waals surface area contributed by atoms with Crippen molar-refractivity contribution < 1.29 is 9.84 Å². The van der Waals surface area contributed by atoms with Crippen molar-refractivity contribution in [2.75, 3.05) is 0 Å². The third-order valence-electron chi connectivity index (χ3n) is 3.51. The van der Waals surface area contributed by atoms with Crippen LogP contribution in [0.3, 0.4) is 0 Å². The van der Waals surface area contributed by atoms with Crippen molar-refractivity contribution >= 4 is 22.6 Å². The maximum Gasteiger partial charge on any atom is 0.140 e. The Bertz CT molecular complexity index is 844. The highest BCUT2D eigenvalue weighted by molar-refractivity contribution is 6.30. The summed E-state index contributed by atoms with van der Waals surface area (Å²) in [5.41, 5.74) is 2.22. The van der Waals surface area contributed by atoms with Crippen molar-refractivity contribution in [3.05, 3.63) is 64.9 Å². The lowest BCUT2D eigenvalue weighted by atomic mass is 10.0. The molecule has 5 heteroatoms. The molecule has 0 fully saturated rings. The highest BCUT2D eigenvalue weighted by Gasteiger charge is 2.17. The first-order valence-electron chi connectivity index (χ1n) is 7.28. The number of benzene rings is 1. The highest BCUT2D eigenvalue weighted by Crippen LogP contribution is 2.24. The molecule has 2 aromatic heterocycles. The van der Waals surface area contributed by atoms with Crippen molar-refractivity contribution in [3.8, 4) is 5.75 Å². The smallest absolute Gasteiger partial charge is 0.140 e. The van der Waals surface area contributed by atoms with Gasteiger partial charge in [-0.3, -0.25) is 9.97 Å². The maximum absolute atomic E-state index is 10.0. The van der Waals surface area contributed by atoms with Gasteiger partial charge in [0.15, 0.2) is 0 Å². The van der Waals surface area contributed by atoms with Gasteiger partial charge in [0.25, 0.3) is 0 Å². The number of halogens is 1. The van der Waals surface area contributed by atoms with Gasteiger partial charge in [-0.05, 0) is 37.6 Å². The van der Waals surface area contributed by atoms with Gasteiger partial charge < -0.3 is 9.84 Å². The summed E-state index contributed by atoms with van der Waals surface area (Å²) in [6.45, 7) is 3.85. The molecule has 0 aliphatic carbocycles. The van der Waals surface area contributed by atoms with E-state index in [4.69, 9.17) is 16.3 Å². The van der Waals surface area contributed by atoms with Gasteiger partial charge in [-0.15, -0.1) is 0 Å². The Morgan fingerprint density at radius 2 is 1.83 bits per heavy atom. The first-order chi connectivity index (χ1) is 10.9. The number of aliphatic hydroxyl groups is 1. The van der Waals surface area contributed by atoms with Gasteiger partial charge >= 0.3 is 0 Å². The molecule has 0 amide bonds. The third kappa shape index (κ3) is 3.78.